The van der Waals surface area contributed by atoms with Crippen LogP contribution in [0.25, 0.3) is 11.0 Å². The van der Waals surface area contributed by atoms with E-state index in [9.17, 15) is 4.57 Å². The quantitative estimate of drug-likeness (QED) is 0.264. The van der Waals surface area contributed by atoms with Crippen LogP contribution in [0, 0.1) is 0 Å². The Bertz CT molecular complexity index is 1410. The lowest BCUT2D eigenvalue weighted by atomic mass is 10.3. The summed E-state index contributed by atoms with van der Waals surface area (Å²) in [6, 6.07) is 29.2. The van der Waals surface area contributed by atoms with Crippen molar-refractivity contribution in [3.8, 4) is 5.75 Å². The van der Waals surface area contributed by atoms with Crippen molar-refractivity contribution in [3.05, 3.63) is 97.3 Å². The highest BCUT2D eigenvalue weighted by Gasteiger charge is 2.33. The second-order valence-corrected chi connectivity index (χ2v) is 11.3. The summed E-state index contributed by atoms with van der Waals surface area (Å²) < 4.78 is 22.1. The number of aryl methyl sites for hydroxylation is 1. The van der Waals surface area contributed by atoms with Gasteiger partial charge in [-0.25, -0.2) is 9.97 Å². The zero-order valence-electron chi connectivity index (χ0n) is 18.3. The van der Waals surface area contributed by atoms with E-state index in [1.807, 2.05) is 103 Å². The maximum Gasteiger partial charge on any atom is 0.186 e. The number of methoxy groups -OCH3 is 1. The van der Waals surface area contributed by atoms with Gasteiger partial charge in [-0.1, -0.05) is 72.4 Å². The molecule has 2 heterocycles. The summed E-state index contributed by atoms with van der Waals surface area (Å²) in [5, 5.41) is 3.28. The number of ether oxygens (including phenoxy) is 1. The topological polar surface area (TPSA) is 57.0 Å². The molecule has 0 amide bonds. The Morgan fingerprint density at radius 3 is 2.03 bits per heavy atom. The Hall–Kier alpha value is -3.34. The first-order valence-corrected chi connectivity index (χ1v) is 13.0. The van der Waals surface area contributed by atoms with E-state index in [-0.39, 0.29) is 0 Å². The van der Waals surface area contributed by atoms with Crippen LogP contribution in [0.5, 0.6) is 5.75 Å². The van der Waals surface area contributed by atoms with E-state index in [2.05, 4.69) is 9.97 Å². The minimum absolute atomic E-state index is 0.729. The second kappa shape index (κ2) is 8.89. The van der Waals surface area contributed by atoms with Crippen LogP contribution in [0.4, 0.5) is 0 Å². The Labute approximate surface area is 196 Å². The van der Waals surface area contributed by atoms with Gasteiger partial charge in [0.1, 0.15) is 22.7 Å². The number of nitrogens with zero attached hydrogens (tertiary/aromatic N) is 3. The standard InChI is InChI=1S/C26H22N3O2PS/c1-29-24(32(30,20-9-5-3-6-10-20)21-11-7-4-8-12-21)17-23-25(29)27-18-28-26(23)33-22-15-13-19(31-2)14-16-22/h3-18H,1-2H3. The molecule has 0 unspecified atom stereocenters. The van der Waals surface area contributed by atoms with E-state index in [1.165, 1.54) is 0 Å². The van der Waals surface area contributed by atoms with E-state index in [1.54, 1.807) is 25.2 Å². The molecule has 0 N–H and O–H groups in total. The third-order valence-corrected chi connectivity index (χ3v) is 9.75. The molecule has 0 bridgehead atoms. The zero-order chi connectivity index (χ0) is 22.8. The molecule has 0 radical (unpaired) electrons. The lowest BCUT2D eigenvalue weighted by Crippen LogP contribution is -2.28. The summed E-state index contributed by atoms with van der Waals surface area (Å²) in [6.45, 7) is 0. The van der Waals surface area contributed by atoms with Crippen LogP contribution in [-0.2, 0) is 11.6 Å². The molecular weight excluding hydrogens is 449 g/mol. The first-order valence-electron chi connectivity index (χ1n) is 10.5. The maximum atomic E-state index is 14.9. The number of benzene rings is 3. The molecule has 164 valence electrons. The van der Waals surface area contributed by atoms with Gasteiger partial charge in [0.2, 0.25) is 0 Å². The van der Waals surface area contributed by atoms with Crippen molar-refractivity contribution in [2.75, 3.05) is 7.11 Å². The molecule has 5 rings (SSSR count). The highest BCUT2D eigenvalue weighted by molar-refractivity contribution is 7.99. The zero-order valence-corrected chi connectivity index (χ0v) is 20.0. The van der Waals surface area contributed by atoms with Crippen molar-refractivity contribution < 1.29 is 9.30 Å². The van der Waals surface area contributed by atoms with E-state index >= 15 is 0 Å². The lowest BCUT2D eigenvalue weighted by Gasteiger charge is -2.20. The van der Waals surface area contributed by atoms with Crippen LogP contribution in [0.15, 0.2) is 107 Å². The van der Waals surface area contributed by atoms with E-state index in [0.29, 0.717) is 0 Å². The van der Waals surface area contributed by atoms with Gasteiger partial charge in [0, 0.05) is 22.6 Å². The van der Waals surface area contributed by atoms with Crippen LogP contribution in [0.3, 0.4) is 0 Å². The summed E-state index contributed by atoms with van der Waals surface area (Å²) in [5.74, 6) is 0.806. The van der Waals surface area contributed by atoms with E-state index in [4.69, 9.17) is 4.74 Å². The summed E-state index contributed by atoms with van der Waals surface area (Å²) >= 11 is 1.55. The smallest absolute Gasteiger partial charge is 0.186 e. The lowest BCUT2D eigenvalue weighted by molar-refractivity contribution is 0.414. The Kier molecular flexibility index (Phi) is 5.79. The van der Waals surface area contributed by atoms with Crippen LogP contribution in [0.2, 0.25) is 0 Å². The molecule has 33 heavy (non-hydrogen) atoms. The summed E-state index contributed by atoms with van der Waals surface area (Å²) in [5.41, 5.74) is 1.48. The van der Waals surface area contributed by atoms with Gasteiger partial charge in [0.15, 0.2) is 7.14 Å². The van der Waals surface area contributed by atoms with Gasteiger partial charge in [0.05, 0.1) is 17.9 Å². The minimum Gasteiger partial charge on any atom is -0.497 e. The molecule has 2 aromatic heterocycles. The Morgan fingerprint density at radius 2 is 1.45 bits per heavy atom. The Morgan fingerprint density at radius 1 is 0.848 bits per heavy atom. The highest BCUT2D eigenvalue weighted by Crippen LogP contribution is 2.44. The van der Waals surface area contributed by atoms with Gasteiger partial charge in [-0.15, -0.1) is 0 Å². The molecule has 7 heteroatoms. The van der Waals surface area contributed by atoms with Crippen molar-refractivity contribution in [2.45, 2.75) is 9.92 Å². The molecule has 0 saturated carbocycles. The first-order chi connectivity index (χ1) is 16.1. The molecule has 0 saturated heterocycles. The van der Waals surface area contributed by atoms with Crippen molar-refractivity contribution >= 4 is 46.0 Å². The average Bonchev–Trinajstić information content (AvgIpc) is 3.23. The largest absolute Gasteiger partial charge is 0.497 e. The number of aromatic nitrogens is 3. The van der Waals surface area contributed by atoms with Crippen LogP contribution in [0.1, 0.15) is 0 Å². The summed E-state index contributed by atoms with van der Waals surface area (Å²) in [7, 11) is 0.444. The van der Waals surface area contributed by atoms with Crippen LogP contribution < -0.4 is 20.8 Å². The monoisotopic (exact) mass is 471 g/mol. The highest BCUT2D eigenvalue weighted by atomic mass is 32.2. The van der Waals surface area contributed by atoms with Gasteiger partial charge >= 0.3 is 0 Å². The molecule has 3 aromatic carbocycles. The third-order valence-electron chi connectivity index (χ3n) is 5.60. The van der Waals surface area contributed by atoms with Crippen molar-refractivity contribution in [1.29, 1.82) is 0 Å². The van der Waals surface area contributed by atoms with Gasteiger partial charge in [-0.05, 0) is 30.3 Å². The molecule has 0 aliphatic carbocycles. The predicted octanol–water partition coefficient (Wildman–Crippen LogP) is 4.77. The number of hydrogen-bond acceptors (Lipinski definition) is 5. The predicted molar refractivity (Wildman–Crippen MR) is 135 cm³/mol. The number of rotatable bonds is 6. The molecule has 0 fully saturated rings. The SMILES string of the molecule is COc1ccc(Sc2ncnc3c2cc(P(=O)(c2ccccc2)c2ccccc2)n3C)cc1. The van der Waals surface area contributed by atoms with Gasteiger partial charge < -0.3 is 13.9 Å². The van der Waals surface area contributed by atoms with Crippen LogP contribution >= 0.6 is 18.9 Å². The number of hydrogen-bond donors (Lipinski definition) is 0. The Balaban J connectivity index is 1.68. The molecule has 0 spiro atoms. The second-order valence-electron chi connectivity index (χ2n) is 7.54. The maximum absolute atomic E-state index is 14.9. The van der Waals surface area contributed by atoms with Crippen LogP contribution in [-0.4, -0.2) is 21.6 Å². The van der Waals surface area contributed by atoms with E-state index in [0.717, 1.165) is 42.7 Å². The fourth-order valence-electron chi connectivity index (χ4n) is 3.93. The molecule has 0 aliphatic heterocycles. The van der Waals surface area contributed by atoms with Crippen molar-refractivity contribution in [3.63, 3.8) is 0 Å². The third kappa shape index (κ3) is 3.86. The van der Waals surface area contributed by atoms with Crippen molar-refractivity contribution in [2.24, 2.45) is 7.05 Å². The molecule has 5 nitrogen and oxygen atoms in total. The number of fused-ring (bicyclic) bond motifs is 1. The van der Waals surface area contributed by atoms with Crippen molar-refractivity contribution in [1.82, 2.24) is 14.5 Å². The first kappa shape index (κ1) is 21.5. The molecule has 0 aliphatic rings. The van der Waals surface area contributed by atoms with Gasteiger partial charge in [-0.3, -0.25) is 0 Å². The minimum atomic E-state index is -3.13. The molecule has 5 aromatic rings. The van der Waals surface area contributed by atoms with E-state index < -0.39 is 7.14 Å². The average molecular weight is 472 g/mol. The fourth-order valence-corrected chi connectivity index (χ4v) is 7.62. The normalized spacial score (nSPS) is 11.6. The molecular formula is C26H22N3O2PS. The fraction of sp³-hybridized carbons (Fsp3) is 0.0769. The summed E-state index contributed by atoms with van der Waals surface area (Å²) in [6.07, 6.45) is 1.56. The van der Waals surface area contributed by atoms with Gasteiger partial charge in [0.25, 0.3) is 0 Å². The summed E-state index contributed by atoms with van der Waals surface area (Å²) in [4.78, 5) is 10.1. The van der Waals surface area contributed by atoms with Gasteiger partial charge in [-0.2, -0.15) is 0 Å². The molecule has 0 atom stereocenters.